The standard InChI is InChI=1S/C5H6O4S/c6-4(7)3(1-2-10)5(8)9/h2-3H,1H2,(H,6,7)(H,8,9). The van der Waals surface area contributed by atoms with Gasteiger partial charge in [0.05, 0.1) is 0 Å². The van der Waals surface area contributed by atoms with Gasteiger partial charge in [0.25, 0.3) is 0 Å². The van der Waals surface area contributed by atoms with Gasteiger partial charge in [0.1, 0.15) is 0 Å². The molecule has 0 unspecified atom stereocenters. The van der Waals surface area contributed by atoms with E-state index in [1.54, 1.807) is 0 Å². The number of carboxylic acids is 2. The monoisotopic (exact) mass is 162 g/mol. The Bertz CT molecular complexity index is 151. The van der Waals surface area contributed by atoms with Crippen molar-refractivity contribution in [1.82, 2.24) is 0 Å². The fourth-order valence-electron chi connectivity index (χ4n) is 0.403. The van der Waals surface area contributed by atoms with Crippen LogP contribution >= 0.6 is 12.2 Å². The molecule has 56 valence electrons. The second kappa shape index (κ2) is 3.94. The molecular weight excluding hydrogens is 156 g/mol. The molecule has 0 saturated heterocycles. The number of aliphatic carboxylic acids is 2. The van der Waals surface area contributed by atoms with Crippen molar-refractivity contribution in [3.05, 3.63) is 0 Å². The quantitative estimate of drug-likeness (QED) is 0.455. The van der Waals surface area contributed by atoms with Gasteiger partial charge in [-0.25, -0.2) is 0 Å². The fourth-order valence-corrected chi connectivity index (χ4v) is 0.596. The molecule has 0 saturated carbocycles. The molecule has 5 heteroatoms. The number of carbonyl (C=O) groups is 2. The van der Waals surface area contributed by atoms with Crippen molar-refractivity contribution in [2.75, 3.05) is 0 Å². The summed E-state index contributed by atoms with van der Waals surface area (Å²) in [5.74, 6) is -4.10. The predicted molar refractivity (Wildman–Crippen MR) is 37.0 cm³/mol. The summed E-state index contributed by atoms with van der Waals surface area (Å²) in [7, 11) is 0. The van der Waals surface area contributed by atoms with E-state index in [2.05, 4.69) is 12.2 Å². The summed E-state index contributed by atoms with van der Waals surface area (Å²) in [6.45, 7) is 0. The fraction of sp³-hybridized carbons (Fsp3) is 0.400. The summed E-state index contributed by atoms with van der Waals surface area (Å²) in [4.78, 5) is 20.2. The zero-order valence-electron chi connectivity index (χ0n) is 4.98. The first kappa shape index (κ1) is 9.03. The van der Waals surface area contributed by atoms with Gasteiger partial charge < -0.3 is 10.2 Å². The van der Waals surface area contributed by atoms with Crippen molar-refractivity contribution in [1.29, 1.82) is 0 Å². The zero-order valence-corrected chi connectivity index (χ0v) is 5.80. The number of thiocarbonyl (C=S) groups is 1. The largest absolute Gasteiger partial charge is 0.481 e. The van der Waals surface area contributed by atoms with Gasteiger partial charge in [0.15, 0.2) is 5.92 Å². The Kier molecular flexibility index (Phi) is 3.56. The molecule has 0 bridgehead atoms. The van der Waals surface area contributed by atoms with Crippen LogP contribution in [-0.2, 0) is 9.59 Å². The van der Waals surface area contributed by atoms with Gasteiger partial charge >= 0.3 is 11.9 Å². The molecule has 0 aliphatic heterocycles. The third kappa shape index (κ3) is 2.54. The molecule has 0 atom stereocenters. The van der Waals surface area contributed by atoms with Crippen LogP contribution in [0.3, 0.4) is 0 Å². The van der Waals surface area contributed by atoms with E-state index >= 15 is 0 Å². The Labute approximate surface area is 62.5 Å². The van der Waals surface area contributed by atoms with Crippen LogP contribution in [0.25, 0.3) is 0 Å². The van der Waals surface area contributed by atoms with Crippen LogP contribution in [0.4, 0.5) is 0 Å². The molecule has 0 aromatic heterocycles. The number of rotatable bonds is 4. The molecule has 0 radical (unpaired) electrons. The maximum atomic E-state index is 10.1. The molecule has 10 heavy (non-hydrogen) atoms. The first-order valence-corrected chi connectivity index (χ1v) is 2.96. The summed E-state index contributed by atoms with van der Waals surface area (Å²) < 4.78 is 0. The molecule has 0 amide bonds. The molecule has 0 spiro atoms. The van der Waals surface area contributed by atoms with Crippen LogP contribution < -0.4 is 0 Å². The van der Waals surface area contributed by atoms with Crippen LogP contribution in [0.15, 0.2) is 0 Å². The lowest BCUT2D eigenvalue weighted by Gasteiger charge is -2.00. The molecular formula is C5H6O4S. The second-order valence-electron chi connectivity index (χ2n) is 1.63. The third-order valence-electron chi connectivity index (χ3n) is 0.928. The summed E-state index contributed by atoms with van der Waals surface area (Å²) in [5.41, 5.74) is 0. The topological polar surface area (TPSA) is 74.6 Å². The average molecular weight is 162 g/mol. The minimum atomic E-state index is -1.39. The van der Waals surface area contributed by atoms with Crippen molar-refractivity contribution < 1.29 is 19.8 Å². The van der Waals surface area contributed by atoms with Gasteiger partial charge in [-0.15, -0.1) is 0 Å². The minimum absolute atomic E-state index is 0.111. The smallest absolute Gasteiger partial charge is 0.318 e. The van der Waals surface area contributed by atoms with Crippen molar-refractivity contribution >= 4 is 29.5 Å². The van der Waals surface area contributed by atoms with Crippen LogP contribution in [0, 0.1) is 5.92 Å². The van der Waals surface area contributed by atoms with E-state index in [1.807, 2.05) is 0 Å². The molecule has 0 aromatic rings. The van der Waals surface area contributed by atoms with Crippen molar-refractivity contribution in [2.24, 2.45) is 5.92 Å². The van der Waals surface area contributed by atoms with Gasteiger partial charge in [-0.2, -0.15) is 0 Å². The Balaban J connectivity index is 4.11. The normalized spacial score (nSPS) is 9.30. The van der Waals surface area contributed by atoms with E-state index in [9.17, 15) is 9.59 Å². The van der Waals surface area contributed by atoms with Crippen molar-refractivity contribution in [3.8, 4) is 0 Å². The van der Waals surface area contributed by atoms with Gasteiger partial charge in [0, 0.05) is 0 Å². The maximum Gasteiger partial charge on any atom is 0.318 e. The lowest BCUT2D eigenvalue weighted by Crippen LogP contribution is -2.23. The summed E-state index contributed by atoms with van der Waals surface area (Å²) in [6.07, 6.45) is -0.111. The zero-order chi connectivity index (χ0) is 8.15. The lowest BCUT2D eigenvalue weighted by atomic mass is 10.1. The third-order valence-corrected chi connectivity index (χ3v) is 1.12. The van der Waals surface area contributed by atoms with Gasteiger partial charge in [-0.1, -0.05) is 12.2 Å². The molecule has 0 heterocycles. The Morgan fingerprint density at radius 1 is 1.40 bits per heavy atom. The highest BCUT2D eigenvalue weighted by Crippen LogP contribution is 2.00. The van der Waals surface area contributed by atoms with E-state index in [1.165, 1.54) is 0 Å². The number of hydrogen-bond acceptors (Lipinski definition) is 3. The predicted octanol–water partition coefficient (Wildman–Crippen LogP) is 0.162. The lowest BCUT2D eigenvalue weighted by molar-refractivity contribution is -0.153. The highest BCUT2D eigenvalue weighted by atomic mass is 32.1. The molecule has 0 rings (SSSR count). The SMILES string of the molecule is O=C(O)C(CC=S)C(=O)O. The highest BCUT2D eigenvalue weighted by molar-refractivity contribution is 7.78. The Hall–Kier alpha value is -0.970. The van der Waals surface area contributed by atoms with E-state index in [-0.39, 0.29) is 6.42 Å². The van der Waals surface area contributed by atoms with Crippen LogP contribution in [0.1, 0.15) is 6.42 Å². The van der Waals surface area contributed by atoms with E-state index < -0.39 is 17.9 Å². The molecule has 4 nitrogen and oxygen atoms in total. The van der Waals surface area contributed by atoms with Gasteiger partial charge in [-0.3, -0.25) is 9.59 Å². The van der Waals surface area contributed by atoms with Crippen molar-refractivity contribution in [2.45, 2.75) is 6.42 Å². The first-order chi connectivity index (χ1) is 4.59. The molecule has 0 fully saturated rings. The van der Waals surface area contributed by atoms with Crippen LogP contribution in [-0.4, -0.2) is 27.5 Å². The van der Waals surface area contributed by atoms with Gasteiger partial charge in [0.2, 0.25) is 0 Å². The van der Waals surface area contributed by atoms with E-state index in [4.69, 9.17) is 10.2 Å². The molecule has 0 aromatic carbocycles. The first-order valence-electron chi connectivity index (χ1n) is 2.49. The molecule has 0 aliphatic rings. The van der Waals surface area contributed by atoms with E-state index in [0.29, 0.717) is 0 Å². The number of hydrogen-bond donors (Lipinski definition) is 2. The van der Waals surface area contributed by atoms with Crippen molar-refractivity contribution in [3.63, 3.8) is 0 Å². The van der Waals surface area contributed by atoms with Crippen LogP contribution in [0.5, 0.6) is 0 Å². The summed E-state index contributed by atoms with van der Waals surface area (Å²) in [5, 5.41) is 17.6. The maximum absolute atomic E-state index is 10.1. The average Bonchev–Trinajstić information content (AvgIpc) is 1.81. The minimum Gasteiger partial charge on any atom is -0.481 e. The van der Waals surface area contributed by atoms with E-state index in [0.717, 1.165) is 5.37 Å². The van der Waals surface area contributed by atoms with Gasteiger partial charge in [-0.05, 0) is 11.8 Å². The Morgan fingerprint density at radius 3 is 1.90 bits per heavy atom. The highest BCUT2D eigenvalue weighted by Gasteiger charge is 2.23. The number of carboxylic acid groups (broad SMARTS) is 2. The second-order valence-corrected chi connectivity index (χ2v) is 1.96. The molecule has 2 N–H and O–H groups in total. The molecule has 0 aliphatic carbocycles. The van der Waals surface area contributed by atoms with Crippen LogP contribution in [0.2, 0.25) is 0 Å². The summed E-state index contributed by atoms with van der Waals surface area (Å²) >= 11 is 4.32. The Morgan fingerprint density at radius 2 is 1.80 bits per heavy atom. The summed E-state index contributed by atoms with van der Waals surface area (Å²) in [6, 6.07) is 0.